The van der Waals surface area contributed by atoms with Crippen LogP contribution in [-0.4, -0.2) is 32.6 Å². The summed E-state index contributed by atoms with van der Waals surface area (Å²) in [6.45, 7) is 4.10. The van der Waals surface area contributed by atoms with Crippen LogP contribution in [0.3, 0.4) is 0 Å². The van der Waals surface area contributed by atoms with Crippen LogP contribution in [0.5, 0.6) is 0 Å². The summed E-state index contributed by atoms with van der Waals surface area (Å²) in [6, 6.07) is 7.87. The van der Waals surface area contributed by atoms with Crippen molar-refractivity contribution in [2.75, 3.05) is 17.6 Å². The third-order valence-corrected chi connectivity index (χ3v) is 5.81. The van der Waals surface area contributed by atoms with E-state index in [0.29, 0.717) is 17.1 Å². The molecular formula is C15H19N3O3S2. The summed E-state index contributed by atoms with van der Waals surface area (Å²) in [5.41, 5.74) is 2.65. The third kappa shape index (κ3) is 4.29. The number of rotatable bonds is 5. The lowest BCUT2D eigenvalue weighted by molar-refractivity contribution is 0.0954. The first-order chi connectivity index (χ1) is 10.7. The van der Waals surface area contributed by atoms with Crippen molar-refractivity contribution in [3.05, 3.63) is 46.0 Å². The molecule has 8 heteroatoms. The zero-order valence-electron chi connectivity index (χ0n) is 13.5. The number of aryl methyl sites for hydroxylation is 2. The van der Waals surface area contributed by atoms with Crippen molar-refractivity contribution in [2.45, 2.75) is 20.4 Å². The predicted octanol–water partition coefficient (Wildman–Crippen LogP) is 2.09. The maximum Gasteiger partial charge on any atom is 0.263 e. The molecule has 2 aromatic rings. The topological polar surface area (TPSA) is 79.4 Å². The molecule has 0 atom stereocenters. The van der Waals surface area contributed by atoms with E-state index in [-0.39, 0.29) is 11.0 Å². The largest absolute Gasteiger partial charge is 0.347 e. The minimum absolute atomic E-state index is 0.255. The molecule has 0 aliphatic heterocycles. The van der Waals surface area contributed by atoms with Gasteiger partial charge < -0.3 is 5.32 Å². The lowest BCUT2D eigenvalue weighted by Crippen LogP contribution is -2.24. The van der Waals surface area contributed by atoms with E-state index in [1.54, 1.807) is 6.92 Å². The molecule has 1 aromatic carbocycles. The monoisotopic (exact) mass is 353 g/mol. The smallest absolute Gasteiger partial charge is 0.263 e. The summed E-state index contributed by atoms with van der Waals surface area (Å²) in [7, 11) is -1.98. The first-order valence-corrected chi connectivity index (χ1v) is 9.60. The standard InChI is InChI=1S/C15H19N3O3S2/c1-10-6-5-7-12(8-10)9-16-14(19)13-11(2)17-15(22-13)18(3)23(4,20)21/h5-8H,9H2,1-4H3,(H,16,19). The van der Waals surface area contributed by atoms with E-state index in [2.05, 4.69) is 10.3 Å². The van der Waals surface area contributed by atoms with Gasteiger partial charge in [0.1, 0.15) is 4.88 Å². The van der Waals surface area contributed by atoms with Crippen LogP contribution in [0.2, 0.25) is 0 Å². The Morgan fingerprint density at radius 2 is 2.04 bits per heavy atom. The number of carbonyl (C=O) groups is 1. The summed E-state index contributed by atoms with van der Waals surface area (Å²) in [5, 5.41) is 3.12. The molecule has 0 bridgehead atoms. The van der Waals surface area contributed by atoms with E-state index in [1.807, 2.05) is 31.2 Å². The Labute approximate surface area is 140 Å². The highest BCUT2D eigenvalue weighted by molar-refractivity contribution is 7.92. The van der Waals surface area contributed by atoms with Crippen molar-refractivity contribution in [1.29, 1.82) is 0 Å². The summed E-state index contributed by atoms with van der Waals surface area (Å²) < 4.78 is 24.2. The van der Waals surface area contributed by atoms with Crippen molar-refractivity contribution in [2.24, 2.45) is 0 Å². The minimum atomic E-state index is -3.40. The fourth-order valence-electron chi connectivity index (χ4n) is 1.95. The van der Waals surface area contributed by atoms with Crippen LogP contribution >= 0.6 is 11.3 Å². The lowest BCUT2D eigenvalue weighted by atomic mass is 10.1. The molecule has 1 heterocycles. The molecule has 23 heavy (non-hydrogen) atoms. The highest BCUT2D eigenvalue weighted by Crippen LogP contribution is 2.26. The summed E-state index contributed by atoms with van der Waals surface area (Å²) in [5.74, 6) is -0.255. The minimum Gasteiger partial charge on any atom is -0.347 e. The number of benzene rings is 1. The van der Waals surface area contributed by atoms with Crippen molar-refractivity contribution in [1.82, 2.24) is 10.3 Å². The molecule has 0 aliphatic carbocycles. The Morgan fingerprint density at radius 3 is 2.65 bits per heavy atom. The van der Waals surface area contributed by atoms with Gasteiger partial charge in [0.25, 0.3) is 5.91 Å². The van der Waals surface area contributed by atoms with E-state index < -0.39 is 10.0 Å². The van der Waals surface area contributed by atoms with Gasteiger partial charge in [0, 0.05) is 13.6 Å². The van der Waals surface area contributed by atoms with Gasteiger partial charge in [-0.2, -0.15) is 0 Å². The van der Waals surface area contributed by atoms with Crippen LogP contribution in [0.1, 0.15) is 26.5 Å². The summed E-state index contributed by atoms with van der Waals surface area (Å²) >= 11 is 1.06. The predicted molar refractivity (Wildman–Crippen MR) is 92.4 cm³/mol. The Hall–Kier alpha value is -1.93. The van der Waals surface area contributed by atoms with Crippen molar-refractivity contribution in [3.8, 4) is 0 Å². The van der Waals surface area contributed by atoms with Gasteiger partial charge in [-0.1, -0.05) is 41.2 Å². The molecule has 124 valence electrons. The van der Waals surface area contributed by atoms with E-state index in [9.17, 15) is 13.2 Å². The molecular weight excluding hydrogens is 334 g/mol. The number of nitrogens with one attached hydrogen (secondary N) is 1. The highest BCUT2D eigenvalue weighted by Gasteiger charge is 2.21. The molecule has 0 aliphatic rings. The number of sulfonamides is 1. The lowest BCUT2D eigenvalue weighted by Gasteiger charge is -2.11. The molecule has 1 N–H and O–H groups in total. The van der Waals surface area contributed by atoms with Gasteiger partial charge in [0.2, 0.25) is 10.0 Å². The van der Waals surface area contributed by atoms with Crippen LogP contribution in [0.4, 0.5) is 5.13 Å². The third-order valence-electron chi connectivity index (χ3n) is 3.29. The average Bonchev–Trinajstić information content (AvgIpc) is 2.85. The highest BCUT2D eigenvalue weighted by atomic mass is 32.2. The molecule has 2 rings (SSSR count). The van der Waals surface area contributed by atoms with Crippen LogP contribution in [0.25, 0.3) is 0 Å². The fourth-order valence-corrected chi connectivity index (χ4v) is 3.65. The molecule has 0 saturated carbocycles. The fraction of sp³-hybridized carbons (Fsp3) is 0.333. The van der Waals surface area contributed by atoms with Gasteiger partial charge in [-0.25, -0.2) is 17.7 Å². The van der Waals surface area contributed by atoms with E-state index in [0.717, 1.165) is 33.0 Å². The van der Waals surface area contributed by atoms with E-state index in [4.69, 9.17) is 0 Å². The number of thiazole rings is 1. The van der Waals surface area contributed by atoms with Crippen LogP contribution < -0.4 is 9.62 Å². The second kappa shape index (κ2) is 6.67. The molecule has 0 unspecified atom stereocenters. The molecule has 6 nitrogen and oxygen atoms in total. The van der Waals surface area contributed by atoms with Crippen molar-refractivity contribution >= 4 is 32.4 Å². The quantitative estimate of drug-likeness (QED) is 0.893. The SMILES string of the molecule is Cc1cccc(CNC(=O)c2sc(N(C)S(C)(=O)=O)nc2C)c1. The number of anilines is 1. The number of aromatic nitrogens is 1. The number of hydrogen-bond donors (Lipinski definition) is 1. The molecule has 1 aromatic heterocycles. The Bertz CT molecular complexity index is 828. The Balaban J connectivity index is 2.12. The van der Waals surface area contributed by atoms with Gasteiger partial charge in [0.15, 0.2) is 5.13 Å². The molecule has 0 fully saturated rings. The number of nitrogens with zero attached hydrogens (tertiary/aromatic N) is 2. The Morgan fingerprint density at radius 1 is 1.35 bits per heavy atom. The van der Waals surface area contributed by atoms with Gasteiger partial charge in [0.05, 0.1) is 11.9 Å². The normalized spacial score (nSPS) is 11.3. The maximum atomic E-state index is 12.3. The van der Waals surface area contributed by atoms with E-state index in [1.165, 1.54) is 7.05 Å². The second-order valence-corrected chi connectivity index (χ2v) is 8.30. The molecule has 0 radical (unpaired) electrons. The van der Waals surface area contributed by atoms with Crippen LogP contribution in [0.15, 0.2) is 24.3 Å². The van der Waals surface area contributed by atoms with Crippen LogP contribution in [-0.2, 0) is 16.6 Å². The van der Waals surface area contributed by atoms with Crippen molar-refractivity contribution in [3.63, 3.8) is 0 Å². The van der Waals surface area contributed by atoms with Gasteiger partial charge >= 0.3 is 0 Å². The van der Waals surface area contributed by atoms with Crippen LogP contribution in [0, 0.1) is 13.8 Å². The maximum absolute atomic E-state index is 12.3. The zero-order chi connectivity index (χ0) is 17.2. The molecule has 0 saturated heterocycles. The first-order valence-electron chi connectivity index (χ1n) is 6.93. The van der Waals surface area contributed by atoms with Gasteiger partial charge in [-0.15, -0.1) is 0 Å². The Kier molecular flexibility index (Phi) is 5.06. The number of amides is 1. The summed E-state index contributed by atoms with van der Waals surface area (Å²) in [4.78, 5) is 16.9. The first kappa shape index (κ1) is 17.4. The number of hydrogen-bond acceptors (Lipinski definition) is 5. The zero-order valence-corrected chi connectivity index (χ0v) is 15.1. The van der Waals surface area contributed by atoms with Gasteiger partial charge in [-0.3, -0.25) is 4.79 Å². The summed E-state index contributed by atoms with van der Waals surface area (Å²) in [6.07, 6.45) is 1.10. The van der Waals surface area contributed by atoms with Crippen molar-refractivity contribution < 1.29 is 13.2 Å². The van der Waals surface area contributed by atoms with E-state index >= 15 is 0 Å². The number of carbonyl (C=O) groups excluding carboxylic acids is 1. The van der Waals surface area contributed by atoms with Gasteiger partial charge in [-0.05, 0) is 19.4 Å². The molecule has 0 spiro atoms. The second-order valence-electron chi connectivity index (χ2n) is 5.31. The molecule has 1 amide bonds. The average molecular weight is 353 g/mol.